The maximum Gasteiger partial charge on any atom is 0.296 e. The fourth-order valence-electron chi connectivity index (χ4n) is 1.18. The zero-order chi connectivity index (χ0) is 9.14. The van der Waals surface area contributed by atoms with Gasteiger partial charge in [0.25, 0.3) is 5.71 Å². The predicted molar refractivity (Wildman–Crippen MR) is 49.3 cm³/mol. The van der Waals surface area contributed by atoms with Gasteiger partial charge in [-0.05, 0) is 25.5 Å². The van der Waals surface area contributed by atoms with Crippen LogP contribution >= 0.6 is 0 Å². The average Bonchev–Trinajstić information content (AvgIpc) is 2.08. The van der Waals surface area contributed by atoms with E-state index in [1.807, 2.05) is 32.0 Å². The summed E-state index contributed by atoms with van der Waals surface area (Å²) in [4.78, 5) is 3.18. The molecule has 0 spiro atoms. The highest BCUT2D eigenvalue weighted by Crippen LogP contribution is 2.10. The van der Waals surface area contributed by atoms with Gasteiger partial charge in [0.1, 0.15) is 0 Å². The van der Waals surface area contributed by atoms with Gasteiger partial charge in [0.15, 0.2) is 0 Å². The molecule has 0 bridgehead atoms. The third kappa shape index (κ3) is 1.60. The summed E-state index contributed by atoms with van der Waals surface area (Å²) in [6.07, 6.45) is 0. The lowest BCUT2D eigenvalue weighted by Gasteiger charge is -1.99. The first-order valence-electron chi connectivity index (χ1n) is 3.91. The quantitative estimate of drug-likeness (QED) is 0.343. The monoisotopic (exact) mass is 160 g/mol. The van der Waals surface area contributed by atoms with E-state index in [1.54, 1.807) is 6.92 Å². The molecule has 0 aromatic heterocycles. The van der Waals surface area contributed by atoms with Crippen molar-refractivity contribution in [2.45, 2.75) is 20.8 Å². The molecule has 0 saturated heterocycles. The highest BCUT2D eigenvalue weighted by atomic mass is 14.8. The summed E-state index contributed by atoms with van der Waals surface area (Å²) in [5.41, 5.74) is 12.6. The minimum absolute atomic E-state index is 0.663. The Morgan fingerprint density at radius 1 is 1.33 bits per heavy atom. The second kappa shape index (κ2) is 3.33. The van der Waals surface area contributed by atoms with Gasteiger partial charge in [-0.15, -0.1) is 0 Å². The SMILES string of the molecule is CC(=[N+]=[N-])c1cc(C)ccc1C. The average molecular weight is 160 g/mol. The summed E-state index contributed by atoms with van der Waals surface area (Å²) in [6.45, 7) is 5.82. The van der Waals surface area contributed by atoms with E-state index in [0.717, 1.165) is 11.1 Å². The zero-order valence-corrected chi connectivity index (χ0v) is 7.63. The highest BCUT2D eigenvalue weighted by Gasteiger charge is 2.07. The van der Waals surface area contributed by atoms with Gasteiger partial charge in [-0.2, -0.15) is 4.79 Å². The molecule has 0 aliphatic heterocycles. The molecule has 2 heteroatoms. The number of rotatable bonds is 1. The van der Waals surface area contributed by atoms with Crippen molar-refractivity contribution in [2.75, 3.05) is 0 Å². The maximum absolute atomic E-state index is 8.59. The van der Waals surface area contributed by atoms with E-state index < -0.39 is 0 Å². The summed E-state index contributed by atoms with van der Waals surface area (Å²) >= 11 is 0. The van der Waals surface area contributed by atoms with Crippen LogP contribution in [0.25, 0.3) is 5.53 Å². The summed E-state index contributed by atoms with van der Waals surface area (Å²) in [5.74, 6) is 0. The summed E-state index contributed by atoms with van der Waals surface area (Å²) in [7, 11) is 0. The molecule has 0 fully saturated rings. The van der Waals surface area contributed by atoms with Crippen LogP contribution in [0.1, 0.15) is 23.6 Å². The van der Waals surface area contributed by atoms with Crippen molar-refractivity contribution in [1.82, 2.24) is 0 Å². The van der Waals surface area contributed by atoms with Crippen molar-refractivity contribution in [3.8, 4) is 0 Å². The van der Waals surface area contributed by atoms with Crippen LogP contribution in [0.5, 0.6) is 0 Å². The molecule has 1 rings (SSSR count). The molecule has 62 valence electrons. The molecule has 0 radical (unpaired) electrons. The summed E-state index contributed by atoms with van der Waals surface area (Å²) in [6, 6.07) is 6.09. The first-order chi connectivity index (χ1) is 5.65. The molecule has 0 saturated carbocycles. The second-order valence-corrected chi connectivity index (χ2v) is 3.00. The maximum atomic E-state index is 8.59. The van der Waals surface area contributed by atoms with Crippen molar-refractivity contribution < 1.29 is 4.79 Å². The molecule has 0 amide bonds. The lowest BCUT2D eigenvalue weighted by atomic mass is 10.0. The van der Waals surface area contributed by atoms with Gasteiger partial charge in [-0.3, -0.25) is 0 Å². The lowest BCUT2D eigenvalue weighted by Crippen LogP contribution is -1.99. The van der Waals surface area contributed by atoms with Crippen LogP contribution in [0.3, 0.4) is 0 Å². The van der Waals surface area contributed by atoms with E-state index >= 15 is 0 Å². The Bertz CT molecular complexity index is 347. The minimum Gasteiger partial charge on any atom is -0.361 e. The third-order valence-electron chi connectivity index (χ3n) is 1.93. The van der Waals surface area contributed by atoms with Crippen molar-refractivity contribution >= 4 is 5.71 Å². The molecule has 0 unspecified atom stereocenters. The Balaban J connectivity index is 3.32. The Hall–Kier alpha value is -1.40. The van der Waals surface area contributed by atoms with Crippen LogP contribution in [0.2, 0.25) is 0 Å². The van der Waals surface area contributed by atoms with E-state index in [-0.39, 0.29) is 0 Å². The van der Waals surface area contributed by atoms with E-state index in [1.165, 1.54) is 5.56 Å². The standard InChI is InChI=1S/C10H12N2/c1-7-4-5-8(2)10(6-7)9(3)12-11/h4-6H,1-3H3. The fourth-order valence-corrected chi connectivity index (χ4v) is 1.18. The Kier molecular flexibility index (Phi) is 2.41. The molecule has 2 nitrogen and oxygen atoms in total. The normalized spacial score (nSPS) is 9.25. The first-order valence-corrected chi connectivity index (χ1v) is 3.91. The highest BCUT2D eigenvalue weighted by molar-refractivity contribution is 5.95. The number of aryl methyl sites for hydroxylation is 2. The molecule has 1 aromatic rings. The molecule has 0 aliphatic rings. The molecule has 0 N–H and O–H groups in total. The van der Waals surface area contributed by atoms with Gasteiger partial charge in [-0.25, -0.2) is 0 Å². The summed E-state index contributed by atoms with van der Waals surface area (Å²) in [5, 5.41) is 0. The van der Waals surface area contributed by atoms with Gasteiger partial charge in [0.05, 0.1) is 5.56 Å². The van der Waals surface area contributed by atoms with E-state index in [2.05, 4.69) is 4.79 Å². The topological polar surface area (TPSA) is 36.4 Å². The number of hydrogen-bond acceptors (Lipinski definition) is 0. The minimum atomic E-state index is 0.663. The fraction of sp³-hybridized carbons (Fsp3) is 0.300. The Morgan fingerprint density at radius 2 is 2.00 bits per heavy atom. The lowest BCUT2D eigenvalue weighted by molar-refractivity contribution is -0.00464. The number of benzene rings is 1. The van der Waals surface area contributed by atoms with Crippen molar-refractivity contribution in [3.63, 3.8) is 0 Å². The van der Waals surface area contributed by atoms with Crippen molar-refractivity contribution in [2.24, 2.45) is 0 Å². The molecular formula is C10H12N2. The van der Waals surface area contributed by atoms with Crippen molar-refractivity contribution in [3.05, 3.63) is 40.4 Å². The Labute approximate surface area is 72.5 Å². The van der Waals surface area contributed by atoms with Crippen LogP contribution in [-0.4, -0.2) is 10.5 Å². The zero-order valence-electron chi connectivity index (χ0n) is 7.63. The van der Waals surface area contributed by atoms with Gasteiger partial charge in [0, 0.05) is 6.92 Å². The summed E-state index contributed by atoms with van der Waals surface area (Å²) < 4.78 is 0. The smallest absolute Gasteiger partial charge is 0.296 e. The van der Waals surface area contributed by atoms with Gasteiger partial charge in [0.2, 0.25) is 0 Å². The van der Waals surface area contributed by atoms with Gasteiger partial charge >= 0.3 is 0 Å². The van der Waals surface area contributed by atoms with E-state index in [0.29, 0.717) is 5.71 Å². The number of hydrogen-bond donors (Lipinski definition) is 0. The van der Waals surface area contributed by atoms with E-state index in [9.17, 15) is 0 Å². The van der Waals surface area contributed by atoms with Crippen molar-refractivity contribution in [1.29, 1.82) is 0 Å². The third-order valence-corrected chi connectivity index (χ3v) is 1.93. The van der Waals surface area contributed by atoms with Gasteiger partial charge in [-0.1, -0.05) is 17.7 Å². The van der Waals surface area contributed by atoms with Gasteiger partial charge < -0.3 is 5.53 Å². The molecule has 0 atom stereocenters. The van der Waals surface area contributed by atoms with Crippen LogP contribution in [0, 0.1) is 13.8 Å². The Morgan fingerprint density at radius 3 is 2.58 bits per heavy atom. The first kappa shape index (κ1) is 8.69. The second-order valence-electron chi connectivity index (χ2n) is 3.00. The molecule has 0 heterocycles. The molecular weight excluding hydrogens is 148 g/mol. The number of nitrogens with zero attached hydrogens (tertiary/aromatic N) is 2. The molecule has 12 heavy (non-hydrogen) atoms. The van der Waals surface area contributed by atoms with Crippen LogP contribution in [0.15, 0.2) is 18.2 Å². The molecule has 1 aromatic carbocycles. The predicted octanol–water partition coefficient (Wildman–Crippen LogP) is 2.34. The van der Waals surface area contributed by atoms with Crippen LogP contribution in [-0.2, 0) is 0 Å². The largest absolute Gasteiger partial charge is 0.361 e. The van der Waals surface area contributed by atoms with Crippen LogP contribution < -0.4 is 0 Å². The molecule has 0 aliphatic carbocycles. The van der Waals surface area contributed by atoms with Crippen LogP contribution in [0.4, 0.5) is 0 Å². The van der Waals surface area contributed by atoms with E-state index in [4.69, 9.17) is 5.53 Å².